The zero-order chi connectivity index (χ0) is 29.2. The molecule has 4 saturated carbocycles. The van der Waals surface area contributed by atoms with Gasteiger partial charge in [0.25, 0.3) is 0 Å². The van der Waals surface area contributed by atoms with Gasteiger partial charge in [-0.05, 0) is 103 Å². The highest BCUT2D eigenvalue weighted by molar-refractivity contribution is 5.76. The highest BCUT2D eigenvalue weighted by Crippen LogP contribution is 2.77. The molecule has 1 aliphatic heterocycles. The number of esters is 1. The Labute approximate surface area is 247 Å². The third-order valence-corrected chi connectivity index (χ3v) is 14.8. The fourth-order valence-corrected chi connectivity index (χ4v) is 11.8. The first-order chi connectivity index (χ1) is 19.2. The van der Waals surface area contributed by atoms with Crippen molar-refractivity contribution >= 4 is 5.97 Å². The lowest BCUT2D eigenvalue weighted by Gasteiger charge is -2.70. The first-order valence-corrected chi connectivity index (χ1v) is 16.5. The van der Waals surface area contributed by atoms with Gasteiger partial charge in [-0.2, -0.15) is 0 Å². The van der Waals surface area contributed by atoms with Crippen LogP contribution in [0.3, 0.4) is 0 Å². The van der Waals surface area contributed by atoms with Crippen molar-refractivity contribution in [2.45, 2.75) is 125 Å². The zero-order valence-corrected chi connectivity index (χ0v) is 26.5. The monoisotopic (exact) mass is 560 g/mol. The SMILES string of the molecule is CC1(C)[C@H](O)[C@@H]2O[C@@H]2[C@]2(C)[C@H]3CC=C4[C@@H]5C[C@@](C)(C(=O)OCc6ccccc6)CC[C@]5(C)CC[C@@]4(C)[C@]3(C)CC[C@@H]12. The van der Waals surface area contributed by atoms with Crippen molar-refractivity contribution in [1.82, 2.24) is 0 Å². The molecular formula is C37H52O4. The lowest BCUT2D eigenvalue weighted by atomic mass is 9.33. The third-order valence-electron chi connectivity index (χ3n) is 14.8. The number of benzene rings is 1. The molecule has 1 heterocycles. The molecule has 41 heavy (non-hydrogen) atoms. The summed E-state index contributed by atoms with van der Waals surface area (Å²) in [5.74, 6) is 1.40. The van der Waals surface area contributed by atoms with Crippen molar-refractivity contribution in [3.05, 3.63) is 47.5 Å². The minimum Gasteiger partial charge on any atom is -0.460 e. The van der Waals surface area contributed by atoms with Gasteiger partial charge in [0.05, 0.1) is 17.6 Å². The van der Waals surface area contributed by atoms with Crippen molar-refractivity contribution in [2.75, 3.05) is 0 Å². The standard InChI is InChI=1S/C37H52O4/c1-32(2)26-15-16-36(6)27(37(26,7)30-28(41-30)29(32)38)14-13-24-25-21-34(4,18-17-33(25,3)19-20-35(24,36)5)31(39)40-22-23-11-9-8-10-12-23/h8-13,25-30,38H,14-22H2,1-7H3/t25-,26-,27-,28-,29+,30-,33+,34-,35+,36+,37-/m0/s1. The predicted molar refractivity (Wildman–Crippen MR) is 161 cm³/mol. The fourth-order valence-electron chi connectivity index (χ4n) is 11.8. The Morgan fingerprint density at radius 3 is 2.39 bits per heavy atom. The second-order valence-electron chi connectivity index (χ2n) is 17.0. The molecule has 4 heteroatoms. The van der Waals surface area contributed by atoms with Crippen LogP contribution in [-0.2, 0) is 20.9 Å². The summed E-state index contributed by atoms with van der Waals surface area (Å²) in [7, 11) is 0. The van der Waals surface area contributed by atoms with Crippen LogP contribution in [0.4, 0.5) is 0 Å². The number of ether oxygens (including phenoxy) is 2. The van der Waals surface area contributed by atoms with Gasteiger partial charge in [-0.1, -0.05) is 83.5 Å². The van der Waals surface area contributed by atoms with E-state index in [4.69, 9.17) is 9.47 Å². The maximum atomic E-state index is 13.7. The summed E-state index contributed by atoms with van der Waals surface area (Å²) in [6, 6.07) is 10.1. The molecule has 7 rings (SSSR count). The fraction of sp³-hybridized carbons (Fsp3) is 0.757. The number of fused-ring (bicyclic) bond motifs is 9. The first-order valence-electron chi connectivity index (χ1n) is 16.5. The van der Waals surface area contributed by atoms with Crippen LogP contribution in [0.2, 0.25) is 0 Å². The van der Waals surface area contributed by atoms with E-state index in [-0.39, 0.29) is 51.4 Å². The largest absolute Gasteiger partial charge is 0.460 e. The zero-order valence-electron chi connectivity index (χ0n) is 26.5. The van der Waals surface area contributed by atoms with Crippen LogP contribution in [0.15, 0.2) is 42.0 Å². The number of hydrogen-bond acceptors (Lipinski definition) is 4. The molecule has 0 unspecified atom stereocenters. The molecule has 0 spiro atoms. The van der Waals surface area contributed by atoms with E-state index < -0.39 is 5.41 Å². The Balaban J connectivity index is 1.20. The number of aliphatic hydroxyl groups excluding tert-OH is 1. The summed E-state index contributed by atoms with van der Waals surface area (Å²) in [5.41, 5.74) is 2.74. The number of rotatable bonds is 3. The van der Waals surface area contributed by atoms with E-state index >= 15 is 0 Å². The molecule has 1 aromatic rings. The van der Waals surface area contributed by atoms with Gasteiger partial charge in [-0.15, -0.1) is 0 Å². The Hall–Kier alpha value is -1.65. The smallest absolute Gasteiger partial charge is 0.312 e. The van der Waals surface area contributed by atoms with Crippen molar-refractivity contribution in [3.8, 4) is 0 Å². The van der Waals surface area contributed by atoms with E-state index in [0.717, 1.165) is 37.7 Å². The number of aliphatic hydroxyl groups is 1. The number of allylic oxidation sites excluding steroid dienone is 2. The maximum absolute atomic E-state index is 13.7. The molecule has 11 atom stereocenters. The topological polar surface area (TPSA) is 59.1 Å². The number of hydrogen-bond donors (Lipinski definition) is 1. The van der Waals surface area contributed by atoms with Gasteiger partial charge in [-0.3, -0.25) is 4.79 Å². The molecule has 1 saturated heterocycles. The number of carbonyl (C=O) groups excluding carboxylic acids is 1. The quantitative estimate of drug-likeness (QED) is 0.232. The molecule has 5 aliphatic carbocycles. The summed E-state index contributed by atoms with van der Waals surface area (Å²) in [6.07, 6.45) is 11.3. The van der Waals surface area contributed by atoms with E-state index in [0.29, 0.717) is 24.4 Å². The van der Waals surface area contributed by atoms with Crippen LogP contribution in [-0.4, -0.2) is 29.4 Å². The first kappa shape index (κ1) is 28.1. The molecule has 224 valence electrons. The van der Waals surface area contributed by atoms with Gasteiger partial charge in [0, 0.05) is 5.41 Å². The molecule has 6 aliphatic rings. The summed E-state index contributed by atoms with van der Waals surface area (Å²) in [5, 5.41) is 11.2. The minimum atomic E-state index is -0.446. The average Bonchev–Trinajstić information content (AvgIpc) is 3.75. The summed E-state index contributed by atoms with van der Waals surface area (Å²) in [6.45, 7) is 17.3. The molecule has 1 aromatic carbocycles. The van der Waals surface area contributed by atoms with Gasteiger partial charge in [0.2, 0.25) is 0 Å². The second kappa shape index (κ2) is 8.72. The van der Waals surface area contributed by atoms with Crippen LogP contribution in [0.1, 0.15) is 105 Å². The summed E-state index contributed by atoms with van der Waals surface area (Å²) < 4.78 is 12.3. The number of carbonyl (C=O) groups is 1. The lowest BCUT2D eigenvalue weighted by Crippen LogP contribution is -2.66. The van der Waals surface area contributed by atoms with Crippen molar-refractivity contribution in [3.63, 3.8) is 0 Å². The van der Waals surface area contributed by atoms with E-state index in [1.807, 2.05) is 30.3 Å². The van der Waals surface area contributed by atoms with Crippen LogP contribution in [0.25, 0.3) is 0 Å². The van der Waals surface area contributed by atoms with Crippen molar-refractivity contribution < 1.29 is 19.4 Å². The maximum Gasteiger partial charge on any atom is 0.312 e. The highest BCUT2D eigenvalue weighted by Gasteiger charge is 2.76. The van der Waals surface area contributed by atoms with E-state index in [1.165, 1.54) is 19.3 Å². The van der Waals surface area contributed by atoms with Gasteiger partial charge < -0.3 is 14.6 Å². The lowest BCUT2D eigenvalue weighted by molar-refractivity contribution is -0.194. The van der Waals surface area contributed by atoms with Gasteiger partial charge in [0.15, 0.2) is 0 Å². The average molecular weight is 561 g/mol. The van der Waals surface area contributed by atoms with Crippen LogP contribution < -0.4 is 0 Å². The minimum absolute atomic E-state index is 0.00220. The van der Waals surface area contributed by atoms with Crippen LogP contribution >= 0.6 is 0 Å². The molecule has 0 radical (unpaired) electrons. The molecule has 4 nitrogen and oxygen atoms in total. The van der Waals surface area contributed by atoms with Crippen molar-refractivity contribution in [2.24, 2.45) is 50.2 Å². The van der Waals surface area contributed by atoms with E-state index in [1.54, 1.807) is 5.57 Å². The summed E-state index contributed by atoms with van der Waals surface area (Å²) >= 11 is 0. The predicted octanol–water partition coefficient (Wildman–Crippen LogP) is 7.88. The third kappa shape index (κ3) is 3.62. The van der Waals surface area contributed by atoms with Gasteiger partial charge >= 0.3 is 5.97 Å². The number of epoxide rings is 1. The molecule has 5 fully saturated rings. The molecule has 1 N–H and O–H groups in total. The van der Waals surface area contributed by atoms with E-state index in [2.05, 4.69) is 54.5 Å². The second-order valence-corrected chi connectivity index (χ2v) is 17.0. The normalized spacial score (nSPS) is 51.1. The molecular weight excluding hydrogens is 508 g/mol. The van der Waals surface area contributed by atoms with Crippen LogP contribution in [0.5, 0.6) is 0 Å². The molecule has 0 amide bonds. The summed E-state index contributed by atoms with van der Waals surface area (Å²) in [4.78, 5) is 13.7. The highest BCUT2D eigenvalue weighted by atomic mass is 16.6. The van der Waals surface area contributed by atoms with Gasteiger partial charge in [-0.25, -0.2) is 0 Å². The van der Waals surface area contributed by atoms with Crippen molar-refractivity contribution in [1.29, 1.82) is 0 Å². The molecule has 0 aromatic heterocycles. The Bertz CT molecular complexity index is 1270. The Morgan fingerprint density at radius 1 is 0.951 bits per heavy atom. The Morgan fingerprint density at radius 2 is 1.66 bits per heavy atom. The van der Waals surface area contributed by atoms with Gasteiger partial charge in [0.1, 0.15) is 12.7 Å². The van der Waals surface area contributed by atoms with Crippen LogP contribution in [0, 0.1) is 50.2 Å². The molecule has 0 bridgehead atoms. The van der Waals surface area contributed by atoms with E-state index in [9.17, 15) is 9.90 Å². The Kier molecular flexibility index (Phi) is 5.98.